The van der Waals surface area contributed by atoms with Crippen LogP contribution in [0.2, 0.25) is 0 Å². The number of hydrogen-bond donors (Lipinski definition) is 1. The van der Waals surface area contributed by atoms with Crippen LogP contribution in [0.1, 0.15) is 44.6 Å². The zero-order valence-corrected chi connectivity index (χ0v) is 19.4. The minimum Gasteiger partial charge on any atom is -0.357 e. The number of pyridine rings is 1. The number of aromatic nitrogens is 1. The second-order valence-corrected chi connectivity index (χ2v) is 10.7. The molecule has 32 heavy (non-hydrogen) atoms. The molecule has 1 amide bonds. The lowest BCUT2D eigenvalue weighted by atomic mass is 9.99. The van der Waals surface area contributed by atoms with Crippen LogP contribution in [0, 0.1) is 5.92 Å². The summed E-state index contributed by atoms with van der Waals surface area (Å²) in [5.41, 5.74) is 0.903. The zero-order valence-electron chi connectivity index (χ0n) is 18.6. The molecule has 3 heterocycles. The summed E-state index contributed by atoms with van der Waals surface area (Å²) in [5, 5.41) is 2.93. The van der Waals surface area contributed by atoms with Gasteiger partial charge in [-0.05, 0) is 55.4 Å². The van der Waals surface area contributed by atoms with Crippen LogP contribution in [0.3, 0.4) is 0 Å². The molecular formula is C24H32N4O3S. The highest BCUT2D eigenvalue weighted by Crippen LogP contribution is 2.26. The fourth-order valence-electron chi connectivity index (χ4n) is 4.44. The van der Waals surface area contributed by atoms with Gasteiger partial charge in [0.15, 0.2) is 0 Å². The highest BCUT2D eigenvalue weighted by molar-refractivity contribution is 7.89. The first kappa shape index (κ1) is 22.7. The number of piperidine rings is 2. The molecule has 7 nitrogen and oxygen atoms in total. The first-order chi connectivity index (χ1) is 15.4. The first-order valence-electron chi connectivity index (χ1n) is 11.5. The van der Waals surface area contributed by atoms with Gasteiger partial charge in [0.25, 0.3) is 0 Å². The van der Waals surface area contributed by atoms with E-state index in [9.17, 15) is 13.2 Å². The van der Waals surface area contributed by atoms with Crippen LogP contribution in [-0.2, 0) is 21.4 Å². The van der Waals surface area contributed by atoms with E-state index in [0.717, 1.165) is 43.2 Å². The highest BCUT2D eigenvalue weighted by atomic mass is 32.2. The van der Waals surface area contributed by atoms with Gasteiger partial charge in [0.2, 0.25) is 15.9 Å². The number of sulfonamides is 1. The molecule has 1 unspecified atom stereocenters. The number of carbonyl (C=O) groups is 1. The number of benzene rings is 1. The molecule has 4 rings (SSSR count). The predicted molar refractivity (Wildman–Crippen MR) is 125 cm³/mol. The molecule has 172 valence electrons. The van der Waals surface area contributed by atoms with Gasteiger partial charge in [-0.15, -0.1) is 0 Å². The molecule has 2 aliphatic rings. The molecule has 2 fully saturated rings. The number of nitrogens with zero attached hydrogens (tertiary/aromatic N) is 3. The van der Waals surface area contributed by atoms with Crippen molar-refractivity contribution in [3.05, 3.63) is 54.2 Å². The summed E-state index contributed by atoms with van der Waals surface area (Å²) >= 11 is 0. The average Bonchev–Trinajstić information content (AvgIpc) is 2.84. The molecule has 0 bridgehead atoms. The molecule has 1 N–H and O–H groups in total. The Morgan fingerprint density at radius 3 is 2.47 bits per heavy atom. The summed E-state index contributed by atoms with van der Waals surface area (Å²) in [5.74, 6) is 1.49. The number of anilines is 1. The molecular weight excluding hydrogens is 424 g/mol. The topological polar surface area (TPSA) is 82.6 Å². The number of carbonyl (C=O) groups excluding carboxylic acids is 1. The van der Waals surface area contributed by atoms with Gasteiger partial charge < -0.3 is 10.2 Å². The average molecular weight is 457 g/mol. The monoisotopic (exact) mass is 456 g/mol. The molecule has 2 aromatic rings. The van der Waals surface area contributed by atoms with Gasteiger partial charge in [0.1, 0.15) is 11.9 Å². The summed E-state index contributed by atoms with van der Waals surface area (Å²) in [6.45, 7) is 5.03. The third-order valence-corrected chi connectivity index (χ3v) is 8.41. The van der Waals surface area contributed by atoms with E-state index >= 15 is 0 Å². The molecule has 0 aliphatic carbocycles. The number of hydrogen-bond acceptors (Lipinski definition) is 5. The lowest BCUT2D eigenvalue weighted by molar-refractivity contribution is -0.125. The van der Waals surface area contributed by atoms with Crippen LogP contribution < -0.4 is 10.2 Å². The third-order valence-electron chi connectivity index (χ3n) is 6.49. The first-order valence-corrected chi connectivity index (χ1v) is 12.9. The van der Waals surface area contributed by atoms with Crippen molar-refractivity contribution >= 4 is 21.7 Å². The highest BCUT2D eigenvalue weighted by Gasteiger charge is 2.37. The standard InChI is InChI=1S/C24H32N4O3S/c1-19-12-15-27(16-13-19)23-11-10-20(17-25-23)18-26-24(29)22-9-5-6-14-28(22)32(30,31)21-7-3-2-4-8-21/h2-4,7-8,10-11,17,19,22H,5-6,9,12-16,18H2,1H3,(H,26,29). The maximum atomic E-state index is 13.1. The van der Waals surface area contributed by atoms with E-state index in [4.69, 9.17) is 0 Å². The van der Waals surface area contributed by atoms with Gasteiger partial charge in [-0.2, -0.15) is 4.31 Å². The second-order valence-electron chi connectivity index (χ2n) is 8.85. The Labute approximate surface area is 190 Å². The Morgan fingerprint density at radius 2 is 1.78 bits per heavy atom. The minimum absolute atomic E-state index is 0.228. The van der Waals surface area contributed by atoms with Crippen molar-refractivity contribution in [3.63, 3.8) is 0 Å². The summed E-state index contributed by atoms with van der Waals surface area (Å²) in [7, 11) is -3.71. The van der Waals surface area contributed by atoms with Gasteiger partial charge in [-0.1, -0.05) is 37.6 Å². The Bertz CT molecular complexity index is 1000. The number of nitrogens with one attached hydrogen (secondary N) is 1. The normalized spacial score (nSPS) is 20.8. The van der Waals surface area contributed by atoms with Crippen molar-refractivity contribution in [1.29, 1.82) is 0 Å². The Hall–Kier alpha value is -2.45. The van der Waals surface area contributed by atoms with Crippen LogP contribution in [0.15, 0.2) is 53.6 Å². The second kappa shape index (κ2) is 10.0. The van der Waals surface area contributed by atoms with Crippen molar-refractivity contribution in [3.8, 4) is 0 Å². The zero-order chi connectivity index (χ0) is 22.6. The SMILES string of the molecule is CC1CCN(c2ccc(CNC(=O)C3CCCCN3S(=O)(=O)c3ccccc3)cn2)CC1. The summed E-state index contributed by atoms with van der Waals surface area (Å²) in [6, 6.07) is 11.6. The number of amides is 1. The Balaban J connectivity index is 1.38. The smallest absolute Gasteiger partial charge is 0.243 e. The van der Waals surface area contributed by atoms with Crippen LogP contribution in [0.4, 0.5) is 5.82 Å². The maximum absolute atomic E-state index is 13.1. The quantitative estimate of drug-likeness (QED) is 0.722. The van der Waals surface area contributed by atoms with E-state index in [1.54, 1.807) is 36.5 Å². The van der Waals surface area contributed by atoms with E-state index in [1.807, 2.05) is 12.1 Å². The van der Waals surface area contributed by atoms with E-state index in [1.165, 1.54) is 17.1 Å². The van der Waals surface area contributed by atoms with Crippen molar-refractivity contribution in [2.75, 3.05) is 24.5 Å². The van der Waals surface area contributed by atoms with Crippen molar-refractivity contribution < 1.29 is 13.2 Å². The fraction of sp³-hybridized carbons (Fsp3) is 0.500. The van der Waals surface area contributed by atoms with Crippen LogP contribution in [0.5, 0.6) is 0 Å². The maximum Gasteiger partial charge on any atom is 0.243 e. The third kappa shape index (κ3) is 5.13. The molecule has 8 heteroatoms. The molecule has 2 saturated heterocycles. The molecule has 0 spiro atoms. The lowest BCUT2D eigenvalue weighted by Gasteiger charge is -2.33. The number of rotatable bonds is 6. The molecule has 1 aromatic carbocycles. The van der Waals surface area contributed by atoms with E-state index < -0.39 is 16.1 Å². The van der Waals surface area contributed by atoms with Gasteiger partial charge >= 0.3 is 0 Å². The van der Waals surface area contributed by atoms with E-state index in [-0.39, 0.29) is 10.8 Å². The molecule has 2 aliphatic heterocycles. The van der Waals surface area contributed by atoms with Gasteiger partial charge in [0, 0.05) is 32.4 Å². The Morgan fingerprint density at radius 1 is 1.03 bits per heavy atom. The van der Waals surface area contributed by atoms with Crippen LogP contribution >= 0.6 is 0 Å². The fourth-order valence-corrected chi connectivity index (χ4v) is 6.11. The largest absolute Gasteiger partial charge is 0.357 e. The summed E-state index contributed by atoms with van der Waals surface area (Å²) in [4.78, 5) is 20.1. The van der Waals surface area contributed by atoms with Gasteiger partial charge in [0.05, 0.1) is 4.90 Å². The van der Waals surface area contributed by atoms with E-state index in [0.29, 0.717) is 19.5 Å². The molecule has 1 aromatic heterocycles. The summed E-state index contributed by atoms with van der Waals surface area (Å²) in [6.07, 6.45) is 6.29. The minimum atomic E-state index is -3.71. The predicted octanol–water partition coefficient (Wildman–Crippen LogP) is 3.18. The van der Waals surface area contributed by atoms with E-state index in [2.05, 4.69) is 22.1 Å². The lowest BCUT2D eigenvalue weighted by Crippen LogP contribution is -2.51. The van der Waals surface area contributed by atoms with Gasteiger partial charge in [-0.3, -0.25) is 4.79 Å². The van der Waals surface area contributed by atoms with Crippen molar-refractivity contribution in [1.82, 2.24) is 14.6 Å². The Kier molecular flexibility index (Phi) is 7.10. The van der Waals surface area contributed by atoms with Crippen molar-refractivity contribution in [2.45, 2.75) is 56.5 Å². The molecule has 0 radical (unpaired) electrons. The molecule has 0 saturated carbocycles. The molecule has 1 atom stereocenters. The van der Waals surface area contributed by atoms with Crippen molar-refractivity contribution in [2.24, 2.45) is 5.92 Å². The summed E-state index contributed by atoms with van der Waals surface area (Å²) < 4.78 is 27.6. The van der Waals surface area contributed by atoms with Gasteiger partial charge in [-0.25, -0.2) is 13.4 Å². The van der Waals surface area contributed by atoms with Crippen LogP contribution in [-0.4, -0.2) is 49.3 Å². The van der Waals surface area contributed by atoms with Crippen LogP contribution in [0.25, 0.3) is 0 Å².